The topological polar surface area (TPSA) is 61.4 Å². The lowest BCUT2D eigenvalue weighted by Gasteiger charge is -2.38. The molecule has 0 aliphatic carbocycles. The SMILES string of the molecule is C=C(c1cc(Br)ccc1NC(=O)CNC(C)=O)N1C[C@H](C)C[C@H](C)C1. The quantitative estimate of drug-likeness (QED) is 0.785. The minimum atomic E-state index is -0.257. The molecule has 0 radical (unpaired) electrons. The smallest absolute Gasteiger partial charge is 0.243 e. The molecule has 5 nitrogen and oxygen atoms in total. The molecule has 0 saturated carbocycles. The summed E-state index contributed by atoms with van der Waals surface area (Å²) < 4.78 is 0.932. The highest BCUT2D eigenvalue weighted by atomic mass is 79.9. The average molecular weight is 408 g/mol. The van der Waals surface area contributed by atoms with Gasteiger partial charge in [-0.2, -0.15) is 0 Å². The van der Waals surface area contributed by atoms with E-state index in [0.717, 1.165) is 28.8 Å². The minimum absolute atomic E-state index is 0.0465. The molecule has 1 aliphatic heterocycles. The third kappa shape index (κ3) is 5.59. The van der Waals surface area contributed by atoms with E-state index in [1.165, 1.54) is 13.3 Å². The van der Waals surface area contributed by atoms with Gasteiger partial charge in [0.25, 0.3) is 0 Å². The maximum atomic E-state index is 12.1. The lowest BCUT2D eigenvalue weighted by atomic mass is 9.91. The summed E-state index contributed by atoms with van der Waals surface area (Å²) in [6, 6.07) is 5.71. The predicted octanol–water partition coefficient (Wildman–Crippen LogP) is 3.47. The molecule has 0 bridgehead atoms. The number of benzene rings is 1. The van der Waals surface area contributed by atoms with Gasteiger partial charge in [-0.05, 0) is 36.5 Å². The van der Waals surface area contributed by atoms with E-state index in [-0.39, 0.29) is 18.4 Å². The van der Waals surface area contributed by atoms with Crippen molar-refractivity contribution in [3.8, 4) is 0 Å². The summed E-state index contributed by atoms with van der Waals surface area (Å²) in [5.41, 5.74) is 2.51. The number of carbonyl (C=O) groups excluding carboxylic acids is 2. The zero-order valence-electron chi connectivity index (χ0n) is 15.1. The number of anilines is 1. The summed E-state index contributed by atoms with van der Waals surface area (Å²) in [5, 5.41) is 5.38. The Balaban J connectivity index is 2.18. The van der Waals surface area contributed by atoms with Crippen molar-refractivity contribution in [2.45, 2.75) is 27.2 Å². The fourth-order valence-electron chi connectivity index (χ4n) is 3.32. The van der Waals surface area contributed by atoms with Crippen molar-refractivity contribution in [2.75, 3.05) is 25.0 Å². The molecule has 1 fully saturated rings. The minimum Gasteiger partial charge on any atom is -0.371 e. The second kappa shape index (κ2) is 8.52. The van der Waals surface area contributed by atoms with Crippen molar-refractivity contribution in [3.63, 3.8) is 0 Å². The van der Waals surface area contributed by atoms with Crippen molar-refractivity contribution in [1.29, 1.82) is 0 Å². The van der Waals surface area contributed by atoms with E-state index in [4.69, 9.17) is 0 Å². The Labute approximate surface area is 158 Å². The van der Waals surface area contributed by atoms with Crippen LogP contribution in [0.15, 0.2) is 29.3 Å². The van der Waals surface area contributed by atoms with Gasteiger partial charge in [-0.3, -0.25) is 9.59 Å². The molecule has 1 aromatic rings. The molecule has 2 rings (SSSR count). The first-order valence-electron chi connectivity index (χ1n) is 8.54. The summed E-state index contributed by atoms with van der Waals surface area (Å²) in [7, 11) is 0. The number of nitrogens with zero attached hydrogens (tertiary/aromatic N) is 1. The van der Waals surface area contributed by atoms with Crippen LogP contribution in [0.1, 0.15) is 32.8 Å². The molecule has 6 heteroatoms. The van der Waals surface area contributed by atoms with E-state index in [9.17, 15) is 9.59 Å². The van der Waals surface area contributed by atoms with Crippen molar-refractivity contribution in [2.24, 2.45) is 11.8 Å². The summed E-state index contributed by atoms with van der Waals surface area (Å²) in [5.74, 6) is 0.745. The molecule has 2 amide bonds. The molecule has 0 spiro atoms. The normalized spacial score (nSPS) is 20.1. The Morgan fingerprint density at radius 1 is 1.28 bits per heavy atom. The highest BCUT2D eigenvalue weighted by Crippen LogP contribution is 2.32. The number of halogens is 1. The van der Waals surface area contributed by atoms with E-state index < -0.39 is 0 Å². The number of hydrogen-bond donors (Lipinski definition) is 2. The first kappa shape index (κ1) is 19.5. The van der Waals surface area contributed by atoms with Crippen LogP contribution in [0.4, 0.5) is 5.69 Å². The Kier molecular flexibility index (Phi) is 6.64. The van der Waals surface area contributed by atoms with Crippen LogP contribution in [0.2, 0.25) is 0 Å². The molecule has 2 atom stereocenters. The van der Waals surface area contributed by atoms with E-state index in [0.29, 0.717) is 17.5 Å². The van der Waals surface area contributed by atoms with Crippen LogP contribution in [-0.2, 0) is 9.59 Å². The molecule has 1 heterocycles. The van der Waals surface area contributed by atoms with Gasteiger partial charge in [-0.1, -0.05) is 36.4 Å². The largest absolute Gasteiger partial charge is 0.371 e. The maximum Gasteiger partial charge on any atom is 0.243 e. The molecule has 0 aromatic heterocycles. The lowest BCUT2D eigenvalue weighted by Crippen LogP contribution is -2.37. The van der Waals surface area contributed by atoms with Crippen LogP contribution in [0.25, 0.3) is 5.70 Å². The van der Waals surface area contributed by atoms with Gasteiger partial charge >= 0.3 is 0 Å². The van der Waals surface area contributed by atoms with Gasteiger partial charge < -0.3 is 15.5 Å². The second-order valence-electron chi connectivity index (χ2n) is 6.95. The molecule has 1 saturated heterocycles. The first-order valence-corrected chi connectivity index (χ1v) is 9.33. The van der Waals surface area contributed by atoms with Crippen LogP contribution in [-0.4, -0.2) is 36.3 Å². The summed E-state index contributed by atoms with van der Waals surface area (Å²) in [6.07, 6.45) is 1.22. The average Bonchev–Trinajstić information content (AvgIpc) is 2.53. The second-order valence-corrected chi connectivity index (χ2v) is 7.86. The molecular formula is C19H26BrN3O2. The number of rotatable bonds is 5. The van der Waals surface area contributed by atoms with Crippen molar-refractivity contribution in [1.82, 2.24) is 10.2 Å². The van der Waals surface area contributed by atoms with Crippen LogP contribution >= 0.6 is 15.9 Å². The number of hydrogen-bond acceptors (Lipinski definition) is 3. The van der Waals surface area contributed by atoms with Crippen molar-refractivity contribution in [3.05, 3.63) is 34.8 Å². The van der Waals surface area contributed by atoms with E-state index in [2.05, 4.69) is 51.9 Å². The third-order valence-electron chi connectivity index (χ3n) is 4.32. The van der Waals surface area contributed by atoms with Crippen LogP contribution in [0.3, 0.4) is 0 Å². The molecule has 1 aliphatic rings. The number of amides is 2. The van der Waals surface area contributed by atoms with Crippen molar-refractivity contribution >= 4 is 39.1 Å². The fraction of sp³-hybridized carbons (Fsp3) is 0.474. The number of piperidine rings is 1. The maximum absolute atomic E-state index is 12.1. The highest BCUT2D eigenvalue weighted by molar-refractivity contribution is 9.10. The monoisotopic (exact) mass is 407 g/mol. The van der Waals surface area contributed by atoms with Gasteiger partial charge in [0.2, 0.25) is 11.8 Å². The molecule has 25 heavy (non-hydrogen) atoms. The Hall–Kier alpha value is -1.82. The van der Waals surface area contributed by atoms with Crippen molar-refractivity contribution < 1.29 is 9.59 Å². The Bertz CT molecular complexity index is 665. The molecular weight excluding hydrogens is 382 g/mol. The zero-order valence-corrected chi connectivity index (χ0v) is 16.6. The van der Waals surface area contributed by atoms with Crippen LogP contribution < -0.4 is 10.6 Å². The van der Waals surface area contributed by atoms with Gasteiger partial charge in [0.1, 0.15) is 0 Å². The predicted molar refractivity (Wildman–Crippen MR) is 105 cm³/mol. The van der Waals surface area contributed by atoms with Gasteiger partial charge in [0.05, 0.1) is 12.2 Å². The van der Waals surface area contributed by atoms with E-state index in [1.54, 1.807) is 0 Å². The summed E-state index contributed by atoms with van der Waals surface area (Å²) in [4.78, 5) is 25.3. The number of likely N-dealkylation sites (tertiary alicyclic amines) is 1. The Morgan fingerprint density at radius 2 is 1.92 bits per heavy atom. The summed E-state index contributed by atoms with van der Waals surface area (Å²) >= 11 is 3.50. The first-order chi connectivity index (χ1) is 11.8. The van der Waals surface area contributed by atoms with Gasteiger partial charge in [0, 0.05) is 35.7 Å². The van der Waals surface area contributed by atoms with Crippen LogP contribution in [0, 0.1) is 11.8 Å². The standard InChI is InChI=1S/C19H26BrN3O2/c1-12-7-13(2)11-23(10-12)14(3)17-8-16(20)5-6-18(17)22-19(25)9-21-15(4)24/h5-6,8,12-13H,3,7,9-11H2,1-2,4H3,(H,21,24)(H,22,25)/t12-,13+. The molecule has 1 aromatic carbocycles. The van der Waals surface area contributed by atoms with Gasteiger partial charge in [0.15, 0.2) is 0 Å². The van der Waals surface area contributed by atoms with Gasteiger partial charge in [-0.15, -0.1) is 0 Å². The lowest BCUT2D eigenvalue weighted by molar-refractivity contribution is -0.122. The third-order valence-corrected chi connectivity index (χ3v) is 4.81. The van der Waals surface area contributed by atoms with Crippen LogP contribution in [0.5, 0.6) is 0 Å². The Morgan fingerprint density at radius 3 is 2.52 bits per heavy atom. The molecule has 2 N–H and O–H groups in total. The number of nitrogens with one attached hydrogen (secondary N) is 2. The highest BCUT2D eigenvalue weighted by Gasteiger charge is 2.24. The van der Waals surface area contributed by atoms with E-state index in [1.807, 2.05) is 18.2 Å². The summed E-state index contributed by atoms with van der Waals surface area (Å²) in [6.45, 7) is 12.1. The fourth-order valence-corrected chi connectivity index (χ4v) is 3.68. The van der Waals surface area contributed by atoms with E-state index >= 15 is 0 Å². The van der Waals surface area contributed by atoms with Gasteiger partial charge in [-0.25, -0.2) is 0 Å². The molecule has 0 unspecified atom stereocenters. The number of carbonyl (C=O) groups is 2. The molecule has 136 valence electrons. The zero-order chi connectivity index (χ0) is 18.6.